The first kappa shape index (κ1) is 17.6. The molecule has 138 valence electrons. The standard InChI is InChI=1S/C17H19N3O6/c1-9(2)6-11-15(21)19-14(17(24-3)20(11)23)16(22)18-10-4-5-12-13(7-10)26-8-25-12/h4-5,7,9H,6,8H2,1-3H3,(H,18,22)(H,19,21). The first-order chi connectivity index (χ1) is 12.4. The summed E-state index contributed by atoms with van der Waals surface area (Å²) in [6, 6.07) is 4.86. The molecule has 0 atom stereocenters. The van der Waals surface area contributed by atoms with Gasteiger partial charge in [0.1, 0.15) is 0 Å². The topological polar surface area (TPSA) is 117 Å². The van der Waals surface area contributed by atoms with Crippen molar-refractivity contribution in [3.63, 3.8) is 0 Å². The zero-order valence-corrected chi connectivity index (χ0v) is 14.6. The Labute approximate surface area is 149 Å². The quantitative estimate of drug-likeness (QED) is 0.610. The maximum absolute atomic E-state index is 12.5. The average Bonchev–Trinajstić information content (AvgIpc) is 3.05. The number of ether oxygens (including phenoxy) is 3. The van der Waals surface area contributed by atoms with Crippen LogP contribution in [-0.2, 0) is 6.42 Å². The van der Waals surface area contributed by atoms with E-state index in [0.29, 0.717) is 21.9 Å². The van der Waals surface area contributed by atoms with Crippen molar-refractivity contribution >= 4 is 11.6 Å². The molecule has 0 aliphatic carbocycles. The van der Waals surface area contributed by atoms with Gasteiger partial charge in [-0.25, -0.2) is 0 Å². The predicted octanol–water partition coefficient (Wildman–Crippen LogP) is 1.20. The highest BCUT2D eigenvalue weighted by Gasteiger charge is 2.28. The number of hydrogen-bond acceptors (Lipinski definition) is 6. The molecule has 3 rings (SSSR count). The number of benzene rings is 1. The molecule has 1 aliphatic heterocycles. The van der Waals surface area contributed by atoms with Crippen molar-refractivity contribution in [3.8, 4) is 17.4 Å². The maximum atomic E-state index is 12.5. The van der Waals surface area contributed by atoms with Gasteiger partial charge in [0.05, 0.1) is 7.11 Å². The Morgan fingerprint density at radius 3 is 2.81 bits per heavy atom. The van der Waals surface area contributed by atoms with E-state index in [1.165, 1.54) is 7.11 Å². The van der Waals surface area contributed by atoms with Crippen molar-refractivity contribution in [1.29, 1.82) is 0 Å². The minimum absolute atomic E-state index is 0.00326. The molecule has 1 aliphatic rings. The Morgan fingerprint density at radius 2 is 2.12 bits per heavy atom. The van der Waals surface area contributed by atoms with Crippen LogP contribution in [0.4, 0.5) is 5.69 Å². The van der Waals surface area contributed by atoms with Crippen LogP contribution in [0.5, 0.6) is 17.4 Å². The van der Waals surface area contributed by atoms with Crippen molar-refractivity contribution in [1.82, 2.24) is 4.98 Å². The van der Waals surface area contributed by atoms with Crippen LogP contribution in [0, 0.1) is 11.1 Å². The van der Waals surface area contributed by atoms with Crippen LogP contribution in [0.15, 0.2) is 23.0 Å². The Morgan fingerprint density at radius 1 is 1.38 bits per heavy atom. The number of nitrogens with zero attached hydrogens (tertiary/aromatic N) is 1. The minimum Gasteiger partial charge on any atom is -0.616 e. The van der Waals surface area contributed by atoms with E-state index in [1.54, 1.807) is 18.2 Å². The lowest BCUT2D eigenvalue weighted by atomic mass is 10.1. The van der Waals surface area contributed by atoms with Crippen LogP contribution < -0.4 is 29.8 Å². The number of amides is 1. The number of rotatable bonds is 5. The van der Waals surface area contributed by atoms with Gasteiger partial charge in [0, 0.05) is 18.2 Å². The molecule has 0 bridgehead atoms. The lowest BCUT2D eigenvalue weighted by molar-refractivity contribution is -0.622. The fourth-order valence-corrected chi connectivity index (χ4v) is 2.62. The minimum atomic E-state index is -0.682. The van der Waals surface area contributed by atoms with Crippen molar-refractivity contribution in [2.45, 2.75) is 20.3 Å². The molecular weight excluding hydrogens is 342 g/mol. The molecule has 1 amide bonds. The van der Waals surface area contributed by atoms with Crippen molar-refractivity contribution in [2.24, 2.45) is 5.92 Å². The summed E-state index contributed by atoms with van der Waals surface area (Å²) in [6.07, 6.45) is 0.263. The molecule has 26 heavy (non-hydrogen) atoms. The molecule has 2 N–H and O–H groups in total. The van der Waals surface area contributed by atoms with E-state index in [2.05, 4.69) is 10.3 Å². The lowest BCUT2D eigenvalue weighted by Gasteiger charge is -2.12. The monoisotopic (exact) mass is 361 g/mol. The van der Waals surface area contributed by atoms with E-state index in [0.717, 1.165) is 0 Å². The smallest absolute Gasteiger partial charge is 0.409 e. The molecule has 0 unspecified atom stereocenters. The van der Waals surface area contributed by atoms with Gasteiger partial charge in [0.25, 0.3) is 11.6 Å². The summed E-state index contributed by atoms with van der Waals surface area (Å²) in [6.45, 7) is 3.87. The first-order valence-corrected chi connectivity index (χ1v) is 8.04. The van der Waals surface area contributed by atoms with Gasteiger partial charge in [0.2, 0.25) is 12.5 Å². The van der Waals surface area contributed by atoms with E-state index >= 15 is 0 Å². The second kappa shape index (κ2) is 6.95. The van der Waals surface area contributed by atoms with Crippen LogP contribution in [0.1, 0.15) is 30.0 Å². The van der Waals surface area contributed by atoms with E-state index in [4.69, 9.17) is 14.2 Å². The first-order valence-electron chi connectivity index (χ1n) is 8.04. The number of aromatic nitrogens is 2. The molecule has 0 fully saturated rings. The molecule has 2 aromatic rings. The molecule has 1 aromatic heterocycles. The number of nitrogens with one attached hydrogen (secondary N) is 2. The van der Waals surface area contributed by atoms with Gasteiger partial charge in [-0.05, 0) is 18.1 Å². The third kappa shape index (κ3) is 3.28. The second-order valence-corrected chi connectivity index (χ2v) is 6.20. The highest BCUT2D eigenvalue weighted by molar-refractivity contribution is 6.04. The zero-order valence-electron chi connectivity index (χ0n) is 14.6. The highest BCUT2D eigenvalue weighted by Crippen LogP contribution is 2.34. The van der Waals surface area contributed by atoms with Gasteiger partial charge in [-0.2, -0.15) is 0 Å². The number of fused-ring (bicyclic) bond motifs is 1. The van der Waals surface area contributed by atoms with Gasteiger partial charge < -0.3 is 29.7 Å². The third-order valence-corrected chi connectivity index (χ3v) is 3.80. The molecule has 9 heteroatoms. The van der Waals surface area contributed by atoms with E-state index < -0.39 is 11.5 Å². The van der Waals surface area contributed by atoms with Crippen LogP contribution >= 0.6 is 0 Å². The number of H-pyrrole nitrogens is 1. The molecule has 0 radical (unpaired) electrons. The lowest BCUT2D eigenvalue weighted by Crippen LogP contribution is -2.44. The SMILES string of the molecule is COc1c(C(=O)Nc2ccc3c(c2)OCO3)[nH]c(=O)c(CC(C)C)[n+]1[O-]. The zero-order chi connectivity index (χ0) is 18.8. The number of carbonyl (C=O) groups is 1. The molecular formula is C17H19N3O6. The van der Waals surface area contributed by atoms with Gasteiger partial charge in [0.15, 0.2) is 11.5 Å². The van der Waals surface area contributed by atoms with Gasteiger partial charge in [-0.15, -0.1) is 4.73 Å². The van der Waals surface area contributed by atoms with Crippen molar-refractivity contribution in [3.05, 3.63) is 45.1 Å². The number of aromatic amines is 1. The Bertz CT molecular complexity index is 906. The number of carbonyl (C=O) groups excluding carboxylic acids is 1. The normalized spacial score (nSPS) is 12.3. The summed E-state index contributed by atoms with van der Waals surface area (Å²) in [7, 11) is 1.26. The highest BCUT2D eigenvalue weighted by atomic mass is 16.7. The Hall–Kier alpha value is -3.23. The van der Waals surface area contributed by atoms with Crippen molar-refractivity contribution < 1.29 is 23.7 Å². The third-order valence-electron chi connectivity index (χ3n) is 3.80. The maximum Gasteiger partial charge on any atom is 0.409 e. The van der Waals surface area contributed by atoms with Crippen LogP contribution in [-0.4, -0.2) is 24.8 Å². The second-order valence-electron chi connectivity index (χ2n) is 6.20. The fourth-order valence-electron chi connectivity index (χ4n) is 2.62. The van der Waals surface area contributed by atoms with E-state index in [1.807, 2.05) is 13.8 Å². The van der Waals surface area contributed by atoms with Gasteiger partial charge in [-0.1, -0.05) is 13.8 Å². The number of methoxy groups -OCH3 is 1. The fraction of sp³-hybridized carbons (Fsp3) is 0.353. The molecule has 0 saturated carbocycles. The van der Waals surface area contributed by atoms with Crippen LogP contribution in [0.2, 0.25) is 0 Å². The van der Waals surface area contributed by atoms with E-state index in [9.17, 15) is 14.8 Å². The molecule has 2 heterocycles. The molecule has 0 saturated heterocycles. The predicted molar refractivity (Wildman–Crippen MR) is 91.6 cm³/mol. The summed E-state index contributed by atoms with van der Waals surface area (Å²) < 4.78 is 15.9. The molecule has 9 nitrogen and oxygen atoms in total. The Balaban J connectivity index is 1.93. The van der Waals surface area contributed by atoms with E-state index in [-0.39, 0.29) is 36.4 Å². The Kier molecular flexibility index (Phi) is 4.70. The molecule has 1 aromatic carbocycles. The summed E-state index contributed by atoms with van der Waals surface area (Å²) in [5.74, 6) is 0.213. The van der Waals surface area contributed by atoms with Crippen LogP contribution in [0.3, 0.4) is 0 Å². The average molecular weight is 361 g/mol. The largest absolute Gasteiger partial charge is 0.616 e. The van der Waals surface area contributed by atoms with Gasteiger partial charge in [-0.3, -0.25) is 9.59 Å². The van der Waals surface area contributed by atoms with Crippen LogP contribution in [0.25, 0.3) is 0 Å². The van der Waals surface area contributed by atoms with Gasteiger partial charge >= 0.3 is 11.4 Å². The summed E-state index contributed by atoms with van der Waals surface area (Å²) in [5.41, 5.74) is -0.453. The summed E-state index contributed by atoms with van der Waals surface area (Å²) >= 11 is 0. The number of hydrogen-bond donors (Lipinski definition) is 2. The summed E-state index contributed by atoms with van der Waals surface area (Å²) in [4.78, 5) is 27.2. The van der Waals surface area contributed by atoms with Crippen molar-refractivity contribution in [2.75, 3.05) is 19.2 Å². The molecule has 0 spiro atoms. The number of anilines is 1. The summed E-state index contributed by atoms with van der Waals surface area (Å²) in [5, 5.41) is 15.0.